The maximum absolute atomic E-state index is 13.1. The molecule has 0 aliphatic heterocycles. The SMILES string of the molecule is CC(C)CCn1c(SC(C)C(=O)Nc2cccc([N+](=O)[O-])c2)nc2ccccc2c1=O. The Morgan fingerprint density at radius 2 is 1.94 bits per heavy atom. The Kier molecular flexibility index (Phi) is 7.06. The second-order valence-corrected chi connectivity index (χ2v) is 8.92. The van der Waals surface area contributed by atoms with Gasteiger partial charge in [-0.25, -0.2) is 4.98 Å². The van der Waals surface area contributed by atoms with Gasteiger partial charge in [-0.15, -0.1) is 0 Å². The number of fused-ring (bicyclic) bond motifs is 1. The van der Waals surface area contributed by atoms with Gasteiger partial charge in [0.1, 0.15) is 0 Å². The number of nitrogens with one attached hydrogen (secondary N) is 1. The standard InChI is InChI=1S/C22H24N4O4S/c1-14(2)11-12-25-21(28)18-9-4-5-10-19(18)24-22(25)31-15(3)20(27)23-16-7-6-8-17(13-16)26(29)30/h4-10,13-15H,11-12H2,1-3H3,(H,23,27). The Hall–Kier alpha value is -3.20. The number of nitro groups is 1. The molecule has 0 saturated carbocycles. The van der Waals surface area contributed by atoms with Crippen LogP contribution >= 0.6 is 11.8 Å². The molecule has 8 nitrogen and oxygen atoms in total. The summed E-state index contributed by atoms with van der Waals surface area (Å²) in [6, 6.07) is 12.9. The summed E-state index contributed by atoms with van der Waals surface area (Å²) in [4.78, 5) is 40.8. The molecule has 1 unspecified atom stereocenters. The van der Waals surface area contributed by atoms with Crippen LogP contribution in [-0.4, -0.2) is 25.6 Å². The van der Waals surface area contributed by atoms with E-state index in [0.29, 0.717) is 34.2 Å². The van der Waals surface area contributed by atoms with E-state index in [1.165, 1.54) is 30.0 Å². The van der Waals surface area contributed by atoms with E-state index < -0.39 is 10.2 Å². The molecule has 1 heterocycles. The number of carbonyl (C=O) groups excluding carboxylic acids is 1. The molecule has 1 aromatic heterocycles. The number of aromatic nitrogens is 2. The monoisotopic (exact) mass is 440 g/mol. The molecule has 0 saturated heterocycles. The highest BCUT2D eigenvalue weighted by atomic mass is 32.2. The summed E-state index contributed by atoms with van der Waals surface area (Å²) >= 11 is 1.19. The van der Waals surface area contributed by atoms with Gasteiger partial charge in [-0.1, -0.05) is 43.8 Å². The zero-order valence-corrected chi connectivity index (χ0v) is 18.4. The molecule has 1 N–H and O–H groups in total. The second kappa shape index (κ2) is 9.74. The first kappa shape index (κ1) is 22.5. The number of benzene rings is 2. The van der Waals surface area contributed by atoms with Crippen molar-refractivity contribution < 1.29 is 9.72 Å². The molecule has 1 atom stereocenters. The minimum absolute atomic E-state index is 0.100. The molecule has 2 aromatic carbocycles. The lowest BCUT2D eigenvalue weighted by molar-refractivity contribution is -0.384. The summed E-state index contributed by atoms with van der Waals surface area (Å²) in [6.45, 7) is 6.39. The molecule has 1 amide bonds. The van der Waals surface area contributed by atoms with Crippen LogP contribution in [0.15, 0.2) is 58.5 Å². The fraction of sp³-hybridized carbons (Fsp3) is 0.318. The van der Waals surface area contributed by atoms with Crippen LogP contribution in [-0.2, 0) is 11.3 Å². The van der Waals surface area contributed by atoms with Gasteiger partial charge < -0.3 is 5.32 Å². The first-order valence-electron chi connectivity index (χ1n) is 9.98. The minimum atomic E-state index is -0.572. The lowest BCUT2D eigenvalue weighted by Gasteiger charge is -2.17. The van der Waals surface area contributed by atoms with E-state index in [9.17, 15) is 19.7 Å². The Bertz CT molecular complexity index is 1180. The number of thioether (sulfide) groups is 1. The predicted molar refractivity (Wildman–Crippen MR) is 123 cm³/mol. The van der Waals surface area contributed by atoms with Gasteiger partial charge >= 0.3 is 0 Å². The van der Waals surface area contributed by atoms with Crippen molar-refractivity contribution in [3.63, 3.8) is 0 Å². The zero-order chi connectivity index (χ0) is 22.5. The zero-order valence-electron chi connectivity index (χ0n) is 17.6. The molecule has 0 spiro atoms. The molecule has 0 fully saturated rings. The molecule has 3 aromatic rings. The number of para-hydroxylation sites is 1. The molecule has 0 aliphatic rings. The quantitative estimate of drug-likeness (QED) is 0.240. The van der Waals surface area contributed by atoms with Crippen molar-refractivity contribution in [3.05, 3.63) is 69.0 Å². The van der Waals surface area contributed by atoms with Crippen molar-refractivity contribution in [3.8, 4) is 0 Å². The first-order chi connectivity index (χ1) is 14.8. The smallest absolute Gasteiger partial charge is 0.271 e. The Balaban J connectivity index is 1.86. The topological polar surface area (TPSA) is 107 Å². The fourth-order valence-corrected chi connectivity index (χ4v) is 3.91. The van der Waals surface area contributed by atoms with E-state index in [1.807, 2.05) is 6.07 Å². The number of amides is 1. The lowest BCUT2D eigenvalue weighted by atomic mass is 10.1. The Morgan fingerprint density at radius 1 is 1.19 bits per heavy atom. The van der Waals surface area contributed by atoms with Crippen LogP contribution in [0.5, 0.6) is 0 Å². The van der Waals surface area contributed by atoms with E-state index in [-0.39, 0.29) is 17.2 Å². The third kappa shape index (κ3) is 5.49. The first-order valence-corrected chi connectivity index (χ1v) is 10.9. The van der Waals surface area contributed by atoms with Gasteiger partial charge in [0.15, 0.2) is 5.16 Å². The second-order valence-electron chi connectivity index (χ2n) is 7.61. The van der Waals surface area contributed by atoms with Gasteiger partial charge in [0, 0.05) is 24.4 Å². The van der Waals surface area contributed by atoms with Crippen molar-refractivity contribution in [1.29, 1.82) is 0 Å². The molecule has 9 heteroatoms. The maximum Gasteiger partial charge on any atom is 0.271 e. The molecule has 0 aliphatic carbocycles. The van der Waals surface area contributed by atoms with Gasteiger partial charge in [-0.3, -0.25) is 24.3 Å². The van der Waals surface area contributed by atoms with Crippen molar-refractivity contribution in [2.75, 3.05) is 5.32 Å². The number of carbonyl (C=O) groups is 1. The molecule has 162 valence electrons. The third-order valence-electron chi connectivity index (χ3n) is 4.73. The normalized spacial score (nSPS) is 12.1. The van der Waals surface area contributed by atoms with E-state index in [4.69, 9.17) is 0 Å². The maximum atomic E-state index is 13.1. The van der Waals surface area contributed by atoms with Crippen molar-refractivity contribution in [2.45, 2.75) is 44.1 Å². The van der Waals surface area contributed by atoms with Crippen LogP contribution in [0.2, 0.25) is 0 Å². The van der Waals surface area contributed by atoms with Gasteiger partial charge in [0.2, 0.25) is 5.91 Å². The summed E-state index contributed by atoms with van der Waals surface area (Å²) < 4.78 is 1.63. The summed E-state index contributed by atoms with van der Waals surface area (Å²) in [5.41, 5.74) is 0.703. The van der Waals surface area contributed by atoms with Crippen molar-refractivity contribution >= 4 is 39.9 Å². The van der Waals surface area contributed by atoms with Crippen molar-refractivity contribution in [1.82, 2.24) is 9.55 Å². The van der Waals surface area contributed by atoms with E-state index in [0.717, 1.165) is 6.42 Å². The van der Waals surface area contributed by atoms with Crippen LogP contribution in [0.25, 0.3) is 10.9 Å². The number of hydrogen-bond donors (Lipinski definition) is 1. The highest BCUT2D eigenvalue weighted by Crippen LogP contribution is 2.25. The third-order valence-corrected chi connectivity index (χ3v) is 5.82. The number of anilines is 1. The van der Waals surface area contributed by atoms with Gasteiger partial charge in [-0.2, -0.15) is 0 Å². The van der Waals surface area contributed by atoms with Crippen LogP contribution in [0, 0.1) is 16.0 Å². The predicted octanol–water partition coefficient (Wildman–Crippen LogP) is 4.47. The number of hydrogen-bond acceptors (Lipinski definition) is 6. The molecule has 3 rings (SSSR count). The average molecular weight is 441 g/mol. The average Bonchev–Trinajstić information content (AvgIpc) is 2.73. The molecule has 0 radical (unpaired) electrons. The number of nitrogens with zero attached hydrogens (tertiary/aromatic N) is 3. The molecular weight excluding hydrogens is 416 g/mol. The Labute approximate surface area is 183 Å². The van der Waals surface area contributed by atoms with E-state index in [1.54, 1.807) is 35.8 Å². The number of rotatable bonds is 8. The van der Waals surface area contributed by atoms with Crippen LogP contribution in [0.3, 0.4) is 0 Å². The highest BCUT2D eigenvalue weighted by Gasteiger charge is 2.20. The van der Waals surface area contributed by atoms with Crippen molar-refractivity contribution in [2.24, 2.45) is 5.92 Å². The van der Waals surface area contributed by atoms with E-state index in [2.05, 4.69) is 24.1 Å². The largest absolute Gasteiger partial charge is 0.325 e. The summed E-state index contributed by atoms with van der Waals surface area (Å²) in [7, 11) is 0. The highest BCUT2D eigenvalue weighted by molar-refractivity contribution is 8.00. The van der Waals surface area contributed by atoms with Crippen LogP contribution in [0.4, 0.5) is 11.4 Å². The fourth-order valence-electron chi connectivity index (χ4n) is 2.97. The molecule has 0 bridgehead atoms. The van der Waals surface area contributed by atoms with E-state index >= 15 is 0 Å². The summed E-state index contributed by atoms with van der Waals surface area (Å²) in [6.07, 6.45) is 0.807. The van der Waals surface area contributed by atoms with Crippen LogP contribution < -0.4 is 10.9 Å². The van der Waals surface area contributed by atoms with Crippen LogP contribution in [0.1, 0.15) is 27.2 Å². The number of nitro benzene ring substituents is 1. The summed E-state index contributed by atoms with van der Waals surface area (Å²) in [5.74, 6) is 0.0779. The van der Waals surface area contributed by atoms with Gasteiger partial charge in [0.25, 0.3) is 11.2 Å². The van der Waals surface area contributed by atoms with Gasteiger partial charge in [0.05, 0.1) is 21.1 Å². The molecular formula is C22H24N4O4S. The summed E-state index contributed by atoms with van der Waals surface area (Å²) in [5, 5.41) is 14.1. The number of non-ortho nitro benzene ring substituents is 1. The Morgan fingerprint density at radius 3 is 2.65 bits per heavy atom. The lowest BCUT2D eigenvalue weighted by Crippen LogP contribution is -2.27. The molecule has 31 heavy (non-hydrogen) atoms. The minimum Gasteiger partial charge on any atom is -0.325 e. The van der Waals surface area contributed by atoms with Gasteiger partial charge in [-0.05, 0) is 37.5 Å².